The van der Waals surface area contributed by atoms with Crippen LogP contribution in [0.5, 0.6) is 0 Å². The molecule has 1 heterocycles. The highest BCUT2D eigenvalue weighted by Gasteiger charge is 2.15. The number of rotatable bonds is 7. The number of fused-ring (bicyclic) bond motifs is 2. The van der Waals surface area contributed by atoms with Gasteiger partial charge in [-0.05, 0) is 65.6 Å². The maximum Gasteiger partial charge on any atom is 0.303 e. The summed E-state index contributed by atoms with van der Waals surface area (Å²) in [7, 11) is 10.4. The van der Waals surface area contributed by atoms with E-state index in [0.717, 1.165) is 37.5 Å². The zero-order valence-electron chi connectivity index (χ0n) is 17.5. The van der Waals surface area contributed by atoms with Gasteiger partial charge < -0.3 is 14.9 Å². The largest absolute Gasteiger partial charge is 0.481 e. The number of halogens is 1. The lowest BCUT2D eigenvalue weighted by molar-refractivity contribution is -0.137. The van der Waals surface area contributed by atoms with Gasteiger partial charge in [-0.15, -0.1) is 0 Å². The van der Waals surface area contributed by atoms with Crippen LogP contribution in [0.1, 0.15) is 12.8 Å². The van der Waals surface area contributed by atoms with Gasteiger partial charge in [0.2, 0.25) is 0 Å². The van der Waals surface area contributed by atoms with Crippen molar-refractivity contribution in [3.8, 4) is 0 Å². The van der Waals surface area contributed by atoms with E-state index in [-0.39, 0.29) is 6.42 Å². The maximum atomic E-state index is 10.8. The third-order valence-electron chi connectivity index (χ3n) is 5.37. The molecule has 1 N–H and O–H groups in total. The molecule has 0 fully saturated rings. The lowest BCUT2D eigenvalue weighted by atomic mass is 10.2. The summed E-state index contributed by atoms with van der Waals surface area (Å²) in [5.74, 6) is -0.771. The van der Waals surface area contributed by atoms with Gasteiger partial charge >= 0.3 is 5.97 Å². The molecule has 1 aliphatic rings. The number of hydrogen-bond acceptors (Lipinski definition) is 4. The molecular formula is C24H24ClN3O2S. The standard InChI is InChI=1S/C24H24ClN3O2S/c1-27(14-6-9-24(29)30)18-10-12-20-22(15-18)31(25)23-16-19(11-13-21(23)26-20)28(2)17-7-4-3-5-8-17/h3-5,7-8,10-13,15-16H,6,9,14H2,1-2H3,(H,29,30). The quantitative estimate of drug-likeness (QED) is 0.462. The van der Waals surface area contributed by atoms with Crippen LogP contribution < -0.4 is 15.2 Å². The van der Waals surface area contributed by atoms with Crippen molar-refractivity contribution >= 4 is 49.1 Å². The molecule has 0 spiro atoms. The van der Waals surface area contributed by atoms with Gasteiger partial charge in [0.15, 0.2) is 0 Å². The molecule has 0 aliphatic carbocycles. The first-order valence-corrected chi connectivity index (χ1v) is 12.1. The van der Waals surface area contributed by atoms with Crippen molar-refractivity contribution in [2.75, 3.05) is 30.4 Å². The van der Waals surface area contributed by atoms with Crippen LogP contribution >= 0.6 is 20.4 Å². The van der Waals surface area contributed by atoms with E-state index in [0.29, 0.717) is 13.0 Å². The Balaban J connectivity index is 1.68. The number of benzene rings is 3. The van der Waals surface area contributed by atoms with Crippen LogP contribution in [0.2, 0.25) is 0 Å². The van der Waals surface area contributed by atoms with E-state index in [9.17, 15) is 4.79 Å². The zero-order valence-corrected chi connectivity index (χ0v) is 19.0. The average Bonchev–Trinajstić information content (AvgIpc) is 2.78. The lowest BCUT2D eigenvalue weighted by Crippen LogP contribution is -2.19. The summed E-state index contributed by atoms with van der Waals surface area (Å²) in [5.41, 5.74) is 4.06. The number of nitrogens with zero attached hydrogens (tertiary/aromatic N) is 3. The van der Waals surface area contributed by atoms with Crippen LogP contribution in [0.3, 0.4) is 0 Å². The van der Waals surface area contributed by atoms with Gasteiger partial charge in [0.05, 0.1) is 11.0 Å². The van der Waals surface area contributed by atoms with Crippen LogP contribution in [0.4, 0.5) is 22.7 Å². The highest BCUT2D eigenvalue weighted by molar-refractivity contribution is 8.29. The summed E-state index contributed by atoms with van der Waals surface area (Å²) in [4.78, 5) is 20.8. The third kappa shape index (κ3) is 4.60. The van der Waals surface area contributed by atoms with Crippen molar-refractivity contribution in [2.24, 2.45) is 4.99 Å². The molecule has 4 rings (SSSR count). The van der Waals surface area contributed by atoms with E-state index in [1.54, 1.807) is 0 Å². The predicted octanol–water partition coefficient (Wildman–Crippen LogP) is 5.75. The Morgan fingerprint density at radius 2 is 1.74 bits per heavy atom. The van der Waals surface area contributed by atoms with Crippen molar-refractivity contribution in [3.63, 3.8) is 0 Å². The minimum absolute atomic E-state index is 0.162. The number of para-hydroxylation sites is 1. The van der Waals surface area contributed by atoms with Gasteiger partial charge in [-0.2, -0.15) is 0 Å². The zero-order chi connectivity index (χ0) is 22.0. The molecule has 3 aromatic carbocycles. The second-order valence-corrected chi connectivity index (χ2v) is 9.80. The summed E-state index contributed by atoms with van der Waals surface area (Å²) < 4.78 is 1.01. The Labute approximate surface area is 188 Å². The summed E-state index contributed by atoms with van der Waals surface area (Å²) >= 11 is 0. The first-order chi connectivity index (χ1) is 14.9. The molecule has 0 saturated carbocycles. The third-order valence-corrected chi connectivity index (χ3v) is 7.79. The number of carboxylic acid groups (broad SMARTS) is 1. The molecular weight excluding hydrogens is 430 g/mol. The minimum atomic E-state index is -0.771. The average molecular weight is 454 g/mol. The van der Waals surface area contributed by atoms with Gasteiger partial charge in [-0.25, -0.2) is 4.99 Å². The van der Waals surface area contributed by atoms with Crippen molar-refractivity contribution in [3.05, 3.63) is 76.6 Å². The monoisotopic (exact) mass is 453 g/mol. The fourth-order valence-corrected chi connectivity index (χ4v) is 5.59. The van der Waals surface area contributed by atoms with E-state index in [1.165, 1.54) is 0 Å². The molecule has 1 aliphatic heterocycles. The SMILES string of the molecule is CN(CCCC(=O)O)c1ccc2c(c1)S(Cl)=c1cc(N(C)c3ccccc3)ccc1=N2. The van der Waals surface area contributed by atoms with Gasteiger partial charge in [0, 0.05) is 53.5 Å². The van der Waals surface area contributed by atoms with Crippen LogP contribution in [0, 0.1) is 4.51 Å². The van der Waals surface area contributed by atoms with Crippen molar-refractivity contribution in [1.29, 1.82) is 0 Å². The predicted molar refractivity (Wildman–Crippen MR) is 129 cm³/mol. The van der Waals surface area contributed by atoms with Gasteiger partial charge in [-0.3, -0.25) is 4.79 Å². The fraction of sp³-hybridized carbons (Fsp3) is 0.208. The van der Waals surface area contributed by atoms with Gasteiger partial charge in [-0.1, -0.05) is 27.9 Å². The van der Waals surface area contributed by atoms with Gasteiger partial charge in [0.1, 0.15) is 0 Å². The topological polar surface area (TPSA) is 56.1 Å². The van der Waals surface area contributed by atoms with Crippen molar-refractivity contribution < 1.29 is 9.90 Å². The molecule has 0 amide bonds. The van der Waals surface area contributed by atoms with E-state index in [2.05, 4.69) is 40.1 Å². The second-order valence-electron chi connectivity index (χ2n) is 7.49. The molecule has 0 bridgehead atoms. The van der Waals surface area contributed by atoms with Crippen molar-refractivity contribution in [2.45, 2.75) is 17.7 Å². The van der Waals surface area contributed by atoms with E-state index in [1.807, 2.05) is 50.5 Å². The number of carbonyl (C=O) groups is 1. The maximum absolute atomic E-state index is 10.8. The minimum Gasteiger partial charge on any atom is -0.481 e. The fourth-order valence-electron chi connectivity index (χ4n) is 3.57. The van der Waals surface area contributed by atoms with Crippen LogP contribution in [-0.4, -0.2) is 31.7 Å². The van der Waals surface area contributed by atoms with Gasteiger partial charge in [0.25, 0.3) is 0 Å². The van der Waals surface area contributed by atoms with Crippen LogP contribution in [0.25, 0.3) is 0 Å². The summed E-state index contributed by atoms with van der Waals surface area (Å²) in [6.07, 6.45) is 0.757. The van der Waals surface area contributed by atoms with Crippen LogP contribution in [-0.2, 0) is 4.79 Å². The Morgan fingerprint density at radius 3 is 2.48 bits per heavy atom. The number of carboxylic acids is 1. The molecule has 1 unspecified atom stereocenters. The highest BCUT2D eigenvalue weighted by atomic mass is 35.7. The molecule has 1 atom stereocenters. The van der Waals surface area contributed by atoms with Crippen molar-refractivity contribution in [1.82, 2.24) is 0 Å². The Hall–Kier alpha value is -2.83. The Morgan fingerprint density at radius 1 is 1.00 bits per heavy atom. The number of hydrogen-bond donors (Lipinski definition) is 1. The molecule has 0 saturated heterocycles. The van der Waals surface area contributed by atoms with E-state index >= 15 is 0 Å². The highest BCUT2D eigenvalue weighted by Crippen LogP contribution is 2.44. The Bertz CT molecular complexity index is 1250. The van der Waals surface area contributed by atoms with E-state index in [4.69, 9.17) is 20.8 Å². The molecule has 160 valence electrons. The van der Waals surface area contributed by atoms with E-state index < -0.39 is 15.7 Å². The van der Waals surface area contributed by atoms with Crippen LogP contribution in [0.15, 0.2) is 76.6 Å². The first-order valence-electron chi connectivity index (χ1n) is 10.1. The smallest absolute Gasteiger partial charge is 0.303 e. The number of anilines is 3. The first kappa shape index (κ1) is 21.4. The second kappa shape index (κ2) is 9.12. The lowest BCUT2D eigenvalue weighted by Gasteiger charge is -2.22. The molecule has 0 radical (unpaired) electrons. The molecule has 31 heavy (non-hydrogen) atoms. The normalized spacial score (nSPS) is 14.2. The molecule has 3 aromatic rings. The summed E-state index contributed by atoms with van der Waals surface area (Å²) in [6, 6.07) is 22.5. The molecule has 5 nitrogen and oxygen atoms in total. The number of aliphatic carboxylic acids is 1. The molecule has 7 heteroatoms. The Kier molecular flexibility index (Phi) is 6.30. The molecule has 0 aromatic heterocycles. The summed E-state index contributed by atoms with van der Waals surface area (Å²) in [6.45, 7) is 0.668. The summed E-state index contributed by atoms with van der Waals surface area (Å²) in [5, 5.41) is 9.77.